The second-order valence-corrected chi connectivity index (χ2v) is 4.93. The first-order valence-electron chi connectivity index (χ1n) is 5.81. The van der Waals surface area contributed by atoms with Gasteiger partial charge in [-0.15, -0.1) is 0 Å². The number of hydrogen-bond donors (Lipinski definition) is 0. The lowest BCUT2D eigenvalue weighted by atomic mass is 9.85. The fourth-order valence-electron chi connectivity index (χ4n) is 1.89. The van der Waals surface area contributed by atoms with E-state index in [1.54, 1.807) is 6.07 Å². The largest absolute Gasteiger partial charge is 0.493 e. The SMILES string of the molecule is CC(C)(C=O)c1ccc2c(c1)OCCCC2=O. The van der Waals surface area contributed by atoms with Crippen molar-refractivity contribution in [1.29, 1.82) is 0 Å². The summed E-state index contributed by atoms with van der Waals surface area (Å²) in [6, 6.07) is 5.41. The number of hydrogen-bond acceptors (Lipinski definition) is 3. The molecule has 0 N–H and O–H groups in total. The minimum Gasteiger partial charge on any atom is -0.493 e. The smallest absolute Gasteiger partial charge is 0.166 e. The highest BCUT2D eigenvalue weighted by Gasteiger charge is 2.23. The average Bonchev–Trinajstić information content (AvgIpc) is 2.51. The molecule has 1 aliphatic rings. The van der Waals surface area contributed by atoms with Gasteiger partial charge in [0.1, 0.15) is 12.0 Å². The number of aldehydes is 1. The average molecular weight is 232 g/mol. The van der Waals surface area contributed by atoms with Crippen LogP contribution in [0, 0.1) is 0 Å². The summed E-state index contributed by atoms with van der Waals surface area (Å²) in [6.07, 6.45) is 2.19. The van der Waals surface area contributed by atoms with Gasteiger partial charge in [0.15, 0.2) is 5.78 Å². The predicted molar refractivity (Wildman–Crippen MR) is 64.6 cm³/mol. The van der Waals surface area contributed by atoms with Gasteiger partial charge >= 0.3 is 0 Å². The van der Waals surface area contributed by atoms with E-state index in [9.17, 15) is 9.59 Å². The van der Waals surface area contributed by atoms with Gasteiger partial charge < -0.3 is 9.53 Å². The van der Waals surface area contributed by atoms with E-state index in [0.717, 1.165) is 18.3 Å². The maximum Gasteiger partial charge on any atom is 0.166 e. The topological polar surface area (TPSA) is 43.4 Å². The quantitative estimate of drug-likeness (QED) is 0.736. The molecule has 0 aliphatic carbocycles. The molecule has 0 spiro atoms. The minimum absolute atomic E-state index is 0.118. The molecule has 0 aromatic heterocycles. The third kappa shape index (κ3) is 2.23. The van der Waals surface area contributed by atoms with Crippen LogP contribution in [0.2, 0.25) is 0 Å². The fraction of sp³-hybridized carbons (Fsp3) is 0.429. The molecule has 0 amide bonds. The van der Waals surface area contributed by atoms with Crippen molar-refractivity contribution in [1.82, 2.24) is 0 Å². The third-order valence-corrected chi connectivity index (χ3v) is 3.13. The van der Waals surface area contributed by atoms with Crippen LogP contribution in [0.3, 0.4) is 0 Å². The molecule has 17 heavy (non-hydrogen) atoms. The van der Waals surface area contributed by atoms with Crippen molar-refractivity contribution >= 4 is 12.1 Å². The van der Waals surface area contributed by atoms with Crippen LogP contribution in [0.4, 0.5) is 0 Å². The molecule has 0 saturated carbocycles. The summed E-state index contributed by atoms with van der Waals surface area (Å²) in [6.45, 7) is 4.25. The molecule has 0 fully saturated rings. The first kappa shape index (κ1) is 11.8. The molecule has 90 valence electrons. The summed E-state index contributed by atoms with van der Waals surface area (Å²) in [5.41, 5.74) is 0.960. The van der Waals surface area contributed by atoms with Gasteiger partial charge in [-0.25, -0.2) is 0 Å². The molecule has 1 aromatic carbocycles. The number of carbonyl (C=O) groups excluding carboxylic acids is 2. The number of fused-ring (bicyclic) bond motifs is 1. The van der Waals surface area contributed by atoms with Gasteiger partial charge in [-0.2, -0.15) is 0 Å². The number of ketones is 1. The molecule has 2 rings (SSSR count). The van der Waals surface area contributed by atoms with Gasteiger partial charge in [-0.05, 0) is 38.0 Å². The van der Waals surface area contributed by atoms with E-state index in [1.807, 2.05) is 26.0 Å². The maximum absolute atomic E-state index is 11.8. The molecular weight excluding hydrogens is 216 g/mol. The molecule has 3 heteroatoms. The van der Waals surface area contributed by atoms with E-state index >= 15 is 0 Å². The summed E-state index contributed by atoms with van der Waals surface area (Å²) in [5.74, 6) is 0.730. The molecule has 1 heterocycles. The Hall–Kier alpha value is -1.64. The maximum atomic E-state index is 11.8. The van der Waals surface area contributed by atoms with Crippen LogP contribution in [-0.4, -0.2) is 18.7 Å². The highest BCUT2D eigenvalue weighted by atomic mass is 16.5. The first-order chi connectivity index (χ1) is 8.04. The Morgan fingerprint density at radius 2 is 2.12 bits per heavy atom. The number of rotatable bonds is 2. The van der Waals surface area contributed by atoms with Crippen LogP contribution in [0.25, 0.3) is 0 Å². The van der Waals surface area contributed by atoms with Gasteiger partial charge in [0.25, 0.3) is 0 Å². The van der Waals surface area contributed by atoms with Crippen molar-refractivity contribution < 1.29 is 14.3 Å². The van der Waals surface area contributed by atoms with Gasteiger partial charge in [0.05, 0.1) is 12.2 Å². The van der Waals surface area contributed by atoms with Gasteiger partial charge in [-0.3, -0.25) is 4.79 Å². The first-order valence-corrected chi connectivity index (χ1v) is 5.81. The van der Waals surface area contributed by atoms with Gasteiger partial charge in [-0.1, -0.05) is 6.07 Å². The second kappa shape index (κ2) is 4.32. The Balaban J connectivity index is 2.46. The Labute approximate surface area is 101 Å². The van der Waals surface area contributed by atoms with Crippen molar-refractivity contribution in [2.45, 2.75) is 32.1 Å². The predicted octanol–water partition coefficient (Wildman–Crippen LogP) is 2.52. The number of carbonyl (C=O) groups is 2. The lowest BCUT2D eigenvalue weighted by Crippen LogP contribution is -2.19. The fourth-order valence-corrected chi connectivity index (χ4v) is 1.89. The highest BCUT2D eigenvalue weighted by Crippen LogP contribution is 2.30. The lowest BCUT2D eigenvalue weighted by Gasteiger charge is -2.19. The molecule has 0 atom stereocenters. The second-order valence-electron chi connectivity index (χ2n) is 4.93. The Bertz CT molecular complexity index is 461. The lowest BCUT2D eigenvalue weighted by molar-refractivity contribution is -0.111. The molecule has 1 aliphatic heterocycles. The zero-order valence-corrected chi connectivity index (χ0v) is 10.2. The van der Waals surface area contributed by atoms with Crippen LogP contribution < -0.4 is 4.74 Å². The van der Waals surface area contributed by atoms with E-state index in [-0.39, 0.29) is 5.78 Å². The summed E-state index contributed by atoms with van der Waals surface area (Å²) in [7, 11) is 0. The van der Waals surface area contributed by atoms with E-state index in [1.165, 1.54) is 0 Å². The summed E-state index contributed by atoms with van der Waals surface area (Å²) in [4.78, 5) is 22.8. The van der Waals surface area contributed by atoms with E-state index < -0.39 is 5.41 Å². The van der Waals surface area contributed by atoms with Crippen LogP contribution in [0.15, 0.2) is 18.2 Å². The summed E-state index contributed by atoms with van der Waals surface area (Å²) < 4.78 is 5.56. The van der Waals surface area contributed by atoms with Crippen molar-refractivity contribution in [3.8, 4) is 5.75 Å². The minimum atomic E-state index is -0.548. The third-order valence-electron chi connectivity index (χ3n) is 3.13. The molecule has 0 radical (unpaired) electrons. The van der Waals surface area contributed by atoms with Crippen LogP contribution in [0.1, 0.15) is 42.6 Å². The Morgan fingerprint density at radius 3 is 2.82 bits per heavy atom. The van der Waals surface area contributed by atoms with Crippen LogP contribution in [0.5, 0.6) is 5.75 Å². The zero-order valence-electron chi connectivity index (χ0n) is 10.2. The van der Waals surface area contributed by atoms with Crippen LogP contribution in [-0.2, 0) is 10.2 Å². The molecule has 3 nitrogen and oxygen atoms in total. The highest BCUT2D eigenvalue weighted by molar-refractivity contribution is 5.99. The molecule has 0 saturated heterocycles. The van der Waals surface area contributed by atoms with Crippen molar-refractivity contribution in [3.63, 3.8) is 0 Å². The Kier molecular flexibility index (Phi) is 3.01. The Morgan fingerprint density at radius 1 is 1.35 bits per heavy atom. The van der Waals surface area contributed by atoms with E-state index in [4.69, 9.17) is 4.74 Å². The van der Waals surface area contributed by atoms with Gasteiger partial charge in [0, 0.05) is 11.8 Å². The normalized spacial score (nSPS) is 15.8. The number of benzene rings is 1. The summed E-state index contributed by atoms with van der Waals surface area (Å²) >= 11 is 0. The standard InChI is InChI=1S/C14H16O3/c1-14(2,9-15)10-5-6-11-12(16)4-3-7-17-13(11)8-10/h5-6,8-9H,3-4,7H2,1-2H3. The monoisotopic (exact) mass is 232 g/mol. The van der Waals surface area contributed by atoms with E-state index in [0.29, 0.717) is 24.3 Å². The molecule has 1 aromatic rings. The summed E-state index contributed by atoms with van der Waals surface area (Å²) in [5, 5.41) is 0. The van der Waals surface area contributed by atoms with Crippen molar-refractivity contribution in [2.24, 2.45) is 0 Å². The molecule has 0 unspecified atom stereocenters. The molecule has 0 bridgehead atoms. The number of ether oxygens (including phenoxy) is 1. The number of Topliss-reactive ketones (excluding diaryl/α,β-unsaturated/α-hetero) is 1. The molecular formula is C14H16O3. The van der Waals surface area contributed by atoms with Gasteiger partial charge in [0.2, 0.25) is 0 Å². The zero-order chi connectivity index (χ0) is 12.5. The van der Waals surface area contributed by atoms with E-state index in [2.05, 4.69) is 0 Å². The van der Waals surface area contributed by atoms with Crippen LogP contribution >= 0.6 is 0 Å². The van der Waals surface area contributed by atoms with Crippen molar-refractivity contribution in [2.75, 3.05) is 6.61 Å². The van der Waals surface area contributed by atoms with Crippen molar-refractivity contribution in [3.05, 3.63) is 29.3 Å².